The predicted octanol–water partition coefficient (Wildman–Crippen LogP) is 3.67. The molecule has 6 N–H and O–H groups in total. The van der Waals surface area contributed by atoms with Crippen LogP contribution in [-0.4, -0.2) is 121 Å². The van der Waals surface area contributed by atoms with Crippen LogP contribution in [0.5, 0.6) is 5.75 Å². The summed E-state index contributed by atoms with van der Waals surface area (Å²) in [5, 5.41) is 38.2. The number of amides is 3. The van der Waals surface area contributed by atoms with Crippen LogP contribution < -0.4 is 20.7 Å². The minimum atomic E-state index is -4.26. The molecule has 4 rings (SSSR count). The number of aliphatic hydroxyl groups is 2. The summed E-state index contributed by atoms with van der Waals surface area (Å²) in [7, 11) is -2.68. The number of aliphatic hydroxyl groups excluding tert-OH is 2. The van der Waals surface area contributed by atoms with Crippen LogP contribution in [0.4, 0.5) is 4.79 Å². The highest BCUT2D eigenvalue weighted by atomic mass is 32.2. The molecule has 1 aromatic carbocycles. The van der Waals surface area contributed by atoms with Crippen molar-refractivity contribution in [3.63, 3.8) is 0 Å². The second kappa shape index (κ2) is 21.2. The smallest absolute Gasteiger partial charge is 0.472 e. The van der Waals surface area contributed by atoms with Crippen molar-refractivity contribution in [3.8, 4) is 17.0 Å². The van der Waals surface area contributed by atoms with E-state index in [1.807, 2.05) is 24.3 Å². The molecule has 3 amide bonds. The molecule has 1 aliphatic carbocycles. The fraction of sp³-hybridized carbons (Fsp3) is 0.703. The van der Waals surface area contributed by atoms with Gasteiger partial charge in [-0.15, -0.1) is 5.10 Å². The highest BCUT2D eigenvalue weighted by Gasteiger charge is 2.46. The molecular formula is C37H59N6O12PS. The number of ether oxygens (including phenoxy) is 3. The van der Waals surface area contributed by atoms with E-state index >= 15 is 0 Å². The third-order valence-electron chi connectivity index (χ3n) is 9.34. The van der Waals surface area contributed by atoms with Gasteiger partial charge in [-0.3, -0.25) is 23.4 Å². The lowest BCUT2D eigenvalue weighted by molar-refractivity contribution is -0.267. The van der Waals surface area contributed by atoms with E-state index in [-0.39, 0.29) is 42.6 Å². The molecular weight excluding hydrogens is 783 g/mol. The predicted molar refractivity (Wildman–Crippen MR) is 211 cm³/mol. The Hall–Kier alpha value is -3.13. The fourth-order valence-corrected chi connectivity index (χ4v) is 8.66. The zero-order valence-electron chi connectivity index (χ0n) is 33.5. The molecule has 2 aliphatic rings. The monoisotopic (exact) mass is 842 g/mol. The maximum atomic E-state index is 12.6. The normalized spacial score (nSPS) is 22.6. The van der Waals surface area contributed by atoms with Gasteiger partial charge < -0.3 is 45.3 Å². The zero-order valence-corrected chi connectivity index (χ0v) is 35.3. The first kappa shape index (κ1) is 46.6. The summed E-state index contributed by atoms with van der Waals surface area (Å²) in [5.74, 6) is -0.208. The van der Waals surface area contributed by atoms with Crippen molar-refractivity contribution in [2.24, 2.45) is 0 Å². The van der Waals surface area contributed by atoms with E-state index in [4.69, 9.17) is 23.3 Å². The minimum absolute atomic E-state index is 0.0646. The van der Waals surface area contributed by atoms with Crippen molar-refractivity contribution in [1.29, 1.82) is 0 Å². The lowest BCUT2D eigenvalue weighted by Crippen LogP contribution is -2.64. The van der Waals surface area contributed by atoms with Crippen LogP contribution >= 0.6 is 19.6 Å². The molecule has 1 saturated carbocycles. The van der Waals surface area contributed by atoms with Crippen LogP contribution in [0, 0.1) is 0 Å². The molecule has 1 aromatic heterocycles. The van der Waals surface area contributed by atoms with Gasteiger partial charge >= 0.3 is 7.82 Å². The van der Waals surface area contributed by atoms with Gasteiger partial charge in [0.2, 0.25) is 11.8 Å². The number of benzene rings is 1. The molecule has 20 heteroatoms. The molecule has 2 heterocycles. The van der Waals surface area contributed by atoms with E-state index < -0.39 is 55.5 Å². The number of nitrogens with zero attached hydrogens (tertiary/aromatic N) is 3. The van der Waals surface area contributed by atoms with Gasteiger partial charge in [0.05, 0.1) is 37.3 Å². The number of aromatic nitrogens is 3. The Labute approximate surface area is 338 Å². The molecule has 2 fully saturated rings. The van der Waals surface area contributed by atoms with Gasteiger partial charge in [0.15, 0.2) is 6.29 Å². The second-order valence-corrected chi connectivity index (χ2v) is 18.0. The van der Waals surface area contributed by atoms with E-state index in [0.717, 1.165) is 49.4 Å². The number of thioether (sulfide) groups is 1. The molecule has 6 atom stereocenters. The Balaban J connectivity index is 1.12. The molecule has 6 unspecified atom stereocenters. The standard InChI is InChI=1S/C37H59N6O12PS/c1-24(44)39-31-33(47)32(46)29(21-43-20-28(41-42-43)25-13-11-16-27(19-25)51-6)53-34(31)52-18-10-8-7-9-17-38-35(48)57-22-30(45)40-36(2,3)23-37(4,5)55-56(49,50)54-26-14-12-15-26/h11,13,16,19-20,26,29,31-34,46-47H,7-10,12,14-15,17-18,21-23H2,1-6H3,(H,38,48)(H,39,44)(H,40,45)(H,49,50). The molecule has 0 spiro atoms. The molecule has 2 aromatic rings. The summed E-state index contributed by atoms with van der Waals surface area (Å²) >= 11 is 0.850. The van der Waals surface area contributed by atoms with Crippen LogP contribution in [0.2, 0.25) is 0 Å². The van der Waals surface area contributed by atoms with Crippen molar-refractivity contribution in [2.75, 3.05) is 26.0 Å². The van der Waals surface area contributed by atoms with Crippen LogP contribution in [-0.2, 0) is 39.2 Å². The molecule has 0 bridgehead atoms. The van der Waals surface area contributed by atoms with Gasteiger partial charge in [-0.25, -0.2) is 9.25 Å². The fourth-order valence-electron chi connectivity index (χ4n) is 6.80. The number of carbonyl (C=O) groups is 3. The second-order valence-electron chi connectivity index (χ2n) is 15.7. The molecule has 18 nitrogen and oxygen atoms in total. The Kier molecular flexibility index (Phi) is 17.3. The average molecular weight is 843 g/mol. The number of carbonyl (C=O) groups excluding carboxylic acids is 3. The number of phosphoric acid groups is 1. The van der Waals surface area contributed by atoms with Crippen LogP contribution in [0.3, 0.4) is 0 Å². The lowest BCUT2D eigenvalue weighted by Gasteiger charge is -2.42. The molecule has 1 saturated heterocycles. The van der Waals surface area contributed by atoms with Crippen molar-refractivity contribution in [1.82, 2.24) is 30.9 Å². The molecule has 1 aliphatic heterocycles. The van der Waals surface area contributed by atoms with Gasteiger partial charge in [-0.2, -0.15) is 0 Å². The maximum absolute atomic E-state index is 12.6. The first-order chi connectivity index (χ1) is 26.8. The summed E-state index contributed by atoms with van der Waals surface area (Å²) in [6, 6.07) is 6.34. The summed E-state index contributed by atoms with van der Waals surface area (Å²) in [6.07, 6.45) is 2.25. The van der Waals surface area contributed by atoms with Gasteiger partial charge in [0.1, 0.15) is 35.8 Å². The van der Waals surface area contributed by atoms with Gasteiger partial charge in [0, 0.05) is 31.2 Å². The van der Waals surface area contributed by atoms with E-state index in [0.29, 0.717) is 30.8 Å². The van der Waals surface area contributed by atoms with Gasteiger partial charge in [-0.1, -0.05) is 41.9 Å². The summed E-state index contributed by atoms with van der Waals surface area (Å²) in [5.41, 5.74) is -0.492. The molecule has 0 radical (unpaired) electrons. The van der Waals surface area contributed by atoms with E-state index in [1.54, 1.807) is 41.0 Å². The number of hydrogen-bond donors (Lipinski definition) is 6. The highest BCUT2D eigenvalue weighted by Crippen LogP contribution is 2.52. The van der Waals surface area contributed by atoms with Crippen molar-refractivity contribution in [2.45, 2.75) is 140 Å². The maximum Gasteiger partial charge on any atom is 0.472 e. The number of hydrogen-bond acceptors (Lipinski definition) is 14. The molecule has 57 heavy (non-hydrogen) atoms. The van der Waals surface area contributed by atoms with E-state index in [1.165, 1.54) is 11.6 Å². The number of rotatable bonds is 22. The first-order valence-corrected chi connectivity index (χ1v) is 21.7. The number of unbranched alkanes of at least 4 members (excludes halogenated alkanes) is 3. The van der Waals surface area contributed by atoms with E-state index in [9.17, 15) is 34.1 Å². The number of phosphoric ester groups is 1. The van der Waals surface area contributed by atoms with Crippen molar-refractivity contribution >= 4 is 36.6 Å². The Morgan fingerprint density at radius 1 is 1.09 bits per heavy atom. The third-order valence-corrected chi connectivity index (χ3v) is 11.4. The first-order valence-electron chi connectivity index (χ1n) is 19.2. The van der Waals surface area contributed by atoms with Crippen molar-refractivity contribution < 1.29 is 57.3 Å². The SMILES string of the molecule is COc1cccc(-c2cn(CC3OC(OCCCCCCNC(=O)SCC(=O)NC(C)(C)CC(C)(C)OP(=O)(O)OC4CCC4)C(NC(C)=O)C(O)C3O)nn2)c1. The van der Waals surface area contributed by atoms with Crippen LogP contribution in [0.1, 0.15) is 86.0 Å². The Morgan fingerprint density at radius 2 is 1.82 bits per heavy atom. The summed E-state index contributed by atoms with van der Waals surface area (Å²) < 4.78 is 41.9. The van der Waals surface area contributed by atoms with Crippen LogP contribution in [0.25, 0.3) is 11.3 Å². The topological polar surface area (TPSA) is 242 Å². The largest absolute Gasteiger partial charge is 0.497 e. The minimum Gasteiger partial charge on any atom is -0.497 e. The van der Waals surface area contributed by atoms with E-state index in [2.05, 4.69) is 26.3 Å². The quantitative estimate of drug-likeness (QED) is 0.0732. The number of methoxy groups -OCH3 is 1. The molecule has 320 valence electrons. The van der Waals surface area contributed by atoms with Gasteiger partial charge in [-0.05, 0) is 78.4 Å². The average Bonchev–Trinajstić information content (AvgIpc) is 3.57. The third kappa shape index (κ3) is 15.5. The van der Waals surface area contributed by atoms with Gasteiger partial charge in [0.25, 0.3) is 5.24 Å². The highest BCUT2D eigenvalue weighted by molar-refractivity contribution is 8.14. The zero-order chi connectivity index (χ0) is 41.8. The Morgan fingerprint density at radius 3 is 2.51 bits per heavy atom. The van der Waals surface area contributed by atoms with Crippen LogP contribution in [0.15, 0.2) is 30.5 Å². The summed E-state index contributed by atoms with van der Waals surface area (Å²) in [4.78, 5) is 47.1. The van der Waals surface area contributed by atoms with Crippen molar-refractivity contribution in [3.05, 3.63) is 30.5 Å². The lowest BCUT2D eigenvalue weighted by atomic mass is 9.89. The Bertz CT molecular complexity index is 1680. The summed E-state index contributed by atoms with van der Waals surface area (Å²) in [6.45, 7) is 8.90. The number of nitrogens with one attached hydrogen (secondary N) is 3.